The first kappa shape index (κ1) is 16.2. The van der Waals surface area contributed by atoms with Gasteiger partial charge < -0.3 is 15.3 Å². The van der Waals surface area contributed by atoms with Gasteiger partial charge in [-0.05, 0) is 50.8 Å². The van der Waals surface area contributed by atoms with Crippen LogP contribution in [-0.2, 0) is 6.54 Å². The molecule has 2 atom stereocenters. The van der Waals surface area contributed by atoms with Crippen molar-refractivity contribution in [1.82, 2.24) is 5.32 Å². The van der Waals surface area contributed by atoms with Gasteiger partial charge in [-0.25, -0.2) is 4.39 Å². The van der Waals surface area contributed by atoms with E-state index in [4.69, 9.17) is 0 Å². The third-order valence-corrected chi connectivity index (χ3v) is 4.21. The van der Waals surface area contributed by atoms with Gasteiger partial charge in [0.15, 0.2) is 0 Å². The fraction of sp³-hybridized carbons (Fsp3) is 0.647. The number of nitrogens with zero attached hydrogens (tertiary/aromatic N) is 1. The fourth-order valence-electron chi connectivity index (χ4n) is 2.85. The molecule has 0 bridgehead atoms. The number of hydrogen-bond donors (Lipinski definition) is 2. The van der Waals surface area contributed by atoms with E-state index < -0.39 is 0 Å². The molecule has 2 rings (SSSR count). The summed E-state index contributed by atoms with van der Waals surface area (Å²) in [5, 5.41) is 12.9. The van der Waals surface area contributed by atoms with Crippen molar-refractivity contribution in [3.8, 4) is 0 Å². The molecule has 118 valence electrons. The van der Waals surface area contributed by atoms with Crippen LogP contribution in [0.1, 0.15) is 39.7 Å². The van der Waals surface area contributed by atoms with Crippen molar-refractivity contribution in [1.29, 1.82) is 0 Å². The molecule has 1 aliphatic rings. The van der Waals surface area contributed by atoms with Crippen molar-refractivity contribution >= 4 is 5.69 Å². The normalized spacial score (nSPS) is 22.9. The number of hydrogen-bond acceptors (Lipinski definition) is 3. The van der Waals surface area contributed by atoms with Crippen LogP contribution in [0, 0.1) is 11.7 Å². The van der Waals surface area contributed by atoms with Crippen LogP contribution in [0.25, 0.3) is 0 Å². The van der Waals surface area contributed by atoms with E-state index in [2.05, 4.69) is 33.0 Å². The summed E-state index contributed by atoms with van der Waals surface area (Å²) in [5.74, 6) is 0.201. The average Bonchev–Trinajstić information content (AvgIpc) is 2.76. The number of aliphatic hydroxyl groups excluding tert-OH is 1. The summed E-state index contributed by atoms with van der Waals surface area (Å²) < 4.78 is 14.4. The van der Waals surface area contributed by atoms with Gasteiger partial charge in [-0.2, -0.15) is 0 Å². The van der Waals surface area contributed by atoms with E-state index in [0.29, 0.717) is 18.2 Å². The number of halogens is 1. The largest absolute Gasteiger partial charge is 0.394 e. The second-order valence-corrected chi connectivity index (χ2v) is 7.10. The predicted molar refractivity (Wildman–Crippen MR) is 85.0 cm³/mol. The topological polar surface area (TPSA) is 35.5 Å². The van der Waals surface area contributed by atoms with Gasteiger partial charge in [0.2, 0.25) is 0 Å². The van der Waals surface area contributed by atoms with Crippen LogP contribution in [-0.4, -0.2) is 29.8 Å². The highest BCUT2D eigenvalue weighted by Gasteiger charge is 2.31. The van der Waals surface area contributed by atoms with Crippen LogP contribution < -0.4 is 10.2 Å². The van der Waals surface area contributed by atoms with Crippen LogP contribution >= 0.6 is 0 Å². The standard InChI is InChI=1S/C17H27FN2O/c1-12-7-8-20(16(12)11-21)15-6-5-13(9-14(15)18)10-19-17(2,3)4/h5-6,9,12,16,19,21H,7-8,10-11H2,1-4H3. The van der Waals surface area contributed by atoms with Gasteiger partial charge in [-0.15, -0.1) is 0 Å². The van der Waals surface area contributed by atoms with Crippen molar-refractivity contribution in [2.75, 3.05) is 18.1 Å². The van der Waals surface area contributed by atoms with Crippen LogP contribution in [0.2, 0.25) is 0 Å². The highest BCUT2D eigenvalue weighted by atomic mass is 19.1. The Kier molecular flexibility index (Phi) is 4.89. The lowest BCUT2D eigenvalue weighted by molar-refractivity contribution is 0.244. The Labute approximate surface area is 127 Å². The van der Waals surface area contributed by atoms with Crippen LogP contribution in [0.5, 0.6) is 0 Å². The molecule has 1 heterocycles. The number of aliphatic hydroxyl groups is 1. The molecule has 4 heteroatoms. The molecule has 1 saturated heterocycles. The molecule has 0 aromatic heterocycles. The minimum atomic E-state index is -0.198. The predicted octanol–water partition coefficient (Wildman–Crippen LogP) is 2.92. The second kappa shape index (κ2) is 6.32. The van der Waals surface area contributed by atoms with Gasteiger partial charge in [0, 0.05) is 18.6 Å². The lowest BCUT2D eigenvalue weighted by Crippen LogP contribution is -2.36. The third kappa shape index (κ3) is 3.95. The van der Waals surface area contributed by atoms with Crippen molar-refractivity contribution < 1.29 is 9.50 Å². The summed E-state index contributed by atoms with van der Waals surface area (Å²) in [6.45, 7) is 9.93. The van der Waals surface area contributed by atoms with Crippen molar-refractivity contribution in [3.63, 3.8) is 0 Å². The lowest BCUT2D eigenvalue weighted by atomic mass is 10.0. The van der Waals surface area contributed by atoms with Crippen molar-refractivity contribution in [2.45, 2.75) is 52.2 Å². The summed E-state index contributed by atoms with van der Waals surface area (Å²) in [6.07, 6.45) is 0.998. The molecule has 0 spiro atoms. The van der Waals surface area contributed by atoms with E-state index in [0.717, 1.165) is 18.5 Å². The molecule has 1 aromatic rings. The highest BCUT2D eigenvalue weighted by molar-refractivity contribution is 5.51. The molecule has 3 nitrogen and oxygen atoms in total. The van der Waals surface area contributed by atoms with E-state index in [1.807, 2.05) is 17.0 Å². The van der Waals surface area contributed by atoms with Gasteiger partial charge >= 0.3 is 0 Å². The zero-order valence-electron chi connectivity index (χ0n) is 13.5. The minimum Gasteiger partial charge on any atom is -0.394 e. The van der Waals surface area contributed by atoms with Crippen molar-refractivity contribution in [2.24, 2.45) is 5.92 Å². The fourth-order valence-corrected chi connectivity index (χ4v) is 2.85. The Morgan fingerprint density at radius 3 is 2.67 bits per heavy atom. The second-order valence-electron chi connectivity index (χ2n) is 7.10. The van der Waals surface area contributed by atoms with E-state index in [1.54, 1.807) is 6.07 Å². The molecule has 1 fully saturated rings. The summed E-state index contributed by atoms with van der Waals surface area (Å²) in [6, 6.07) is 5.44. The number of anilines is 1. The van der Waals surface area contributed by atoms with Crippen molar-refractivity contribution in [3.05, 3.63) is 29.6 Å². The molecule has 1 aliphatic heterocycles. The molecule has 21 heavy (non-hydrogen) atoms. The summed E-state index contributed by atoms with van der Waals surface area (Å²) >= 11 is 0. The van der Waals surface area contributed by atoms with Crippen LogP contribution in [0.4, 0.5) is 10.1 Å². The Hall–Kier alpha value is -1.13. The Balaban J connectivity index is 2.12. The smallest absolute Gasteiger partial charge is 0.146 e. The molecular formula is C17H27FN2O. The Morgan fingerprint density at radius 2 is 2.10 bits per heavy atom. The first-order chi connectivity index (χ1) is 9.81. The molecule has 0 radical (unpaired) electrons. The van der Waals surface area contributed by atoms with Gasteiger partial charge in [-0.3, -0.25) is 0 Å². The van der Waals surface area contributed by atoms with E-state index >= 15 is 0 Å². The Morgan fingerprint density at radius 1 is 1.38 bits per heavy atom. The summed E-state index contributed by atoms with van der Waals surface area (Å²) in [5.41, 5.74) is 1.57. The van der Waals surface area contributed by atoms with Crippen LogP contribution in [0.3, 0.4) is 0 Å². The lowest BCUT2D eigenvalue weighted by Gasteiger charge is -2.28. The zero-order chi connectivity index (χ0) is 15.6. The first-order valence-electron chi connectivity index (χ1n) is 7.73. The molecule has 2 unspecified atom stereocenters. The number of nitrogens with one attached hydrogen (secondary N) is 1. The molecular weight excluding hydrogens is 267 g/mol. The quantitative estimate of drug-likeness (QED) is 0.896. The van der Waals surface area contributed by atoms with Gasteiger partial charge in [-0.1, -0.05) is 13.0 Å². The van der Waals surface area contributed by atoms with E-state index in [9.17, 15) is 9.50 Å². The van der Waals surface area contributed by atoms with E-state index in [-0.39, 0.29) is 24.0 Å². The maximum Gasteiger partial charge on any atom is 0.146 e. The Bertz CT molecular complexity index is 484. The third-order valence-electron chi connectivity index (χ3n) is 4.21. The summed E-state index contributed by atoms with van der Waals surface area (Å²) in [4.78, 5) is 2.00. The minimum absolute atomic E-state index is 0.0154. The monoisotopic (exact) mass is 294 g/mol. The van der Waals surface area contributed by atoms with Gasteiger partial charge in [0.1, 0.15) is 5.82 Å². The average molecular weight is 294 g/mol. The molecule has 0 aliphatic carbocycles. The molecule has 0 saturated carbocycles. The highest BCUT2D eigenvalue weighted by Crippen LogP contribution is 2.31. The SMILES string of the molecule is CC1CCN(c2ccc(CNC(C)(C)C)cc2F)C1CO. The van der Waals surface area contributed by atoms with E-state index in [1.165, 1.54) is 0 Å². The number of benzene rings is 1. The van der Waals surface area contributed by atoms with Gasteiger partial charge in [0.05, 0.1) is 18.3 Å². The molecule has 1 aromatic carbocycles. The zero-order valence-corrected chi connectivity index (χ0v) is 13.5. The summed E-state index contributed by atoms with van der Waals surface area (Å²) in [7, 11) is 0. The maximum absolute atomic E-state index is 14.4. The van der Waals surface area contributed by atoms with Gasteiger partial charge in [0.25, 0.3) is 0 Å². The first-order valence-corrected chi connectivity index (χ1v) is 7.73. The molecule has 2 N–H and O–H groups in total. The van der Waals surface area contributed by atoms with Crippen LogP contribution in [0.15, 0.2) is 18.2 Å². The number of rotatable bonds is 4. The molecule has 0 amide bonds. The maximum atomic E-state index is 14.4.